The number of carbonyl (C=O) groups excluding carboxylic acids is 1. The third-order valence-corrected chi connectivity index (χ3v) is 4.88. The zero-order valence-corrected chi connectivity index (χ0v) is 17.8. The summed E-state index contributed by atoms with van der Waals surface area (Å²) in [4.78, 5) is 18.7. The molecule has 8 heteroatoms. The van der Waals surface area contributed by atoms with Crippen molar-refractivity contribution in [2.24, 2.45) is 0 Å². The van der Waals surface area contributed by atoms with Gasteiger partial charge in [-0.3, -0.25) is 4.98 Å². The first-order valence-corrected chi connectivity index (χ1v) is 10.3. The standard InChI is InChI=1S/C24H25N3O5/c1-29-11-10-27(15-19-5-3-9-25-14-19)24(28)26-20-6-2-4-18(12-20)16-30-21-7-8-22-23(13-21)32-17-31-22/h2-9,12-14H,10-11,15-17H2,1H3,(H,26,28). The van der Waals surface area contributed by atoms with Crippen molar-refractivity contribution >= 4 is 11.7 Å². The summed E-state index contributed by atoms with van der Waals surface area (Å²) >= 11 is 0. The van der Waals surface area contributed by atoms with E-state index in [1.807, 2.05) is 48.5 Å². The predicted molar refractivity (Wildman–Crippen MR) is 119 cm³/mol. The van der Waals surface area contributed by atoms with Gasteiger partial charge in [-0.1, -0.05) is 18.2 Å². The molecule has 0 radical (unpaired) electrons. The Morgan fingerprint density at radius 1 is 1.09 bits per heavy atom. The van der Waals surface area contributed by atoms with E-state index in [9.17, 15) is 4.79 Å². The number of carbonyl (C=O) groups is 1. The molecule has 0 bridgehead atoms. The zero-order chi connectivity index (χ0) is 22.2. The van der Waals surface area contributed by atoms with Crippen molar-refractivity contribution in [3.05, 3.63) is 78.1 Å². The number of pyridine rings is 1. The van der Waals surface area contributed by atoms with Crippen molar-refractivity contribution in [2.75, 3.05) is 32.4 Å². The number of aromatic nitrogens is 1. The summed E-state index contributed by atoms with van der Waals surface area (Å²) in [5.74, 6) is 2.07. The minimum Gasteiger partial charge on any atom is -0.489 e. The molecule has 1 aromatic heterocycles. The molecule has 0 unspecified atom stereocenters. The summed E-state index contributed by atoms with van der Waals surface area (Å²) in [7, 11) is 1.61. The highest BCUT2D eigenvalue weighted by atomic mass is 16.7. The van der Waals surface area contributed by atoms with Gasteiger partial charge in [0.15, 0.2) is 11.5 Å². The molecule has 0 aliphatic carbocycles. The summed E-state index contributed by atoms with van der Waals surface area (Å²) in [5, 5.41) is 2.96. The van der Waals surface area contributed by atoms with Crippen LogP contribution in [0.15, 0.2) is 67.0 Å². The van der Waals surface area contributed by atoms with E-state index < -0.39 is 0 Å². The second-order valence-corrected chi connectivity index (χ2v) is 7.21. The van der Waals surface area contributed by atoms with Crippen LogP contribution in [0.5, 0.6) is 17.2 Å². The molecule has 4 rings (SSSR count). The lowest BCUT2D eigenvalue weighted by atomic mass is 10.2. The van der Waals surface area contributed by atoms with Gasteiger partial charge in [-0.15, -0.1) is 0 Å². The molecule has 0 saturated heterocycles. The van der Waals surface area contributed by atoms with Crippen molar-refractivity contribution < 1.29 is 23.7 Å². The first kappa shape index (κ1) is 21.5. The maximum Gasteiger partial charge on any atom is 0.322 e. The lowest BCUT2D eigenvalue weighted by Crippen LogP contribution is -2.36. The molecule has 0 fully saturated rings. The first-order chi connectivity index (χ1) is 15.7. The zero-order valence-electron chi connectivity index (χ0n) is 17.8. The van der Waals surface area contributed by atoms with Gasteiger partial charge in [-0.05, 0) is 41.5 Å². The molecule has 0 spiro atoms. The Labute approximate surface area is 186 Å². The molecular formula is C24H25N3O5. The number of rotatable bonds is 9. The van der Waals surface area contributed by atoms with Crippen LogP contribution in [0, 0.1) is 0 Å². The number of nitrogens with one attached hydrogen (secondary N) is 1. The summed E-state index contributed by atoms with van der Waals surface area (Å²) in [6, 6.07) is 16.6. The lowest BCUT2D eigenvalue weighted by molar-refractivity contribution is 0.153. The Bertz CT molecular complexity index is 1040. The van der Waals surface area contributed by atoms with Gasteiger partial charge < -0.3 is 29.2 Å². The Hall–Kier alpha value is -3.78. The third kappa shape index (κ3) is 5.67. The number of fused-ring (bicyclic) bond motifs is 1. The Kier molecular flexibility index (Phi) is 7.04. The highest BCUT2D eigenvalue weighted by Crippen LogP contribution is 2.35. The van der Waals surface area contributed by atoms with Gasteiger partial charge in [0.1, 0.15) is 12.4 Å². The van der Waals surface area contributed by atoms with E-state index >= 15 is 0 Å². The third-order valence-electron chi connectivity index (χ3n) is 4.88. The molecule has 0 atom stereocenters. The van der Waals surface area contributed by atoms with Crippen molar-refractivity contribution in [1.82, 2.24) is 9.88 Å². The number of methoxy groups -OCH3 is 1. The van der Waals surface area contributed by atoms with Gasteiger partial charge in [0.05, 0.1) is 6.61 Å². The quantitative estimate of drug-likeness (QED) is 0.546. The number of anilines is 1. The van der Waals surface area contributed by atoms with Crippen molar-refractivity contribution in [3.63, 3.8) is 0 Å². The molecule has 2 amide bonds. The number of ether oxygens (including phenoxy) is 4. The van der Waals surface area contributed by atoms with Gasteiger partial charge in [0.2, 0.25) is 6.79 Å². The van der Waals surface area contributed by atoms with E-state index in [1.165, 1.54) is 0 Å². The predicted octanol–water partition coefficient (Wildman–Crippen LogP) is 4.07. The van der Waals surface area contributed by atoms with Crippen molar-refractivity contribution in [3.8, 4) is 17.2 Å². The molecule has 1 aliphatic heterocycles. The van der Waals surface area contributed by atoms with E-state index in [0.717, 1.165) is 11.1 Å². The number of benzene rings is 2. The number of hydrogen-bond acceptors (Lipinski definition) is 6. The topological polar surface area (TPSA) is 82.2 Å². The fourth-order valence-electron chi connectivity index (χ4n) is 3.24. The molecule has 0 saturated carbocycles. The van der Waals surface area contributed by atoms with Gasteiger partial charge in [0, 0.05) is 44.3 Å². The summed E-state index contributed by atoms with van der Waals surface area (Å²) < 4.78 is 21.7. The highest BCUT2D eigenvalue weighted by Gasteiger charge is 2.15. The molecule has 8 nitrogen and oxygen atoms in total. The molecule has 3 aromatic rings. The van der Waals surface area contributed by atoms with Gasteiger partial charge >= 0.3 is 6.03 Å². The summed E-state index contributed by atoms with van der Waals surface area (Å²) in [6.07, 6.45) is 3.46. The number of amides is 2. The molecule has 1 aliphatic rings. The summed E-state index contributed by atoms with van der Waals surface area (Å²) in [5.41, 5.74) is 2.57. The van der Waals surface area contributed by atoms with Crippen molar-refractivity contribution in [1.29, 1.82) is 0 Å². The van der Waals surface area contributed by atoms with Crippen LogP contribution < -0.4 is 19.5 Å². The maximum atomic E-state index is 12.9. The average Bonchev–Trinajstić information content (AvgIpc) is 3.29. The molecule has 2 aromatic carbocycles. The van der Waals surface area contributed by atoms with Gasteiger partial charge in [-0.25, -0.2) is 4.79 Å². The SMILES string of the molecule is COCCN(Cc1cccnc1)C(=O)Nc1cccc(COc2ccc3c(c2)OCO3)c1. The van der Waals surface area contributed by atoms with Gasteiger partial charge in [0.25, 0.3) is 0 Å². The van der Waals surface area contributed by atoms with E-state index in [1.54, 1.807) is 30.5 Å². The lowest BCUT2D eigenvalue weighted by Gasteiger charge is -2.23. The van der Waals surface area contributed by atoms with Crippen LogP contribution in [-0.4, -0.2) is 43.0 Å². The van der Waals surface area contributed by atoms with Crippen LogP contribution in [0.1, 0.15) is 11.1 Å². The second kappa shape index (κ2) is 10.5. The van der Waals surface area contributed by atoms with E-state index in [0.29, 0.717) is 49.2 Å². The first-order valence-electron chi connectivity index (χ1n) is 10.3. The monoisotopic (exact) mass is 435 g/mol. The second-order valence-electron chi connectivity index (χ2n) is 7.21. The van der Waals surface area contributed by atoms with Crippen molar-refractivity contribution in [2.45, 2.75) is 13.2 Å². The van der Waals surface area contributed by atoms with Crippen LogP contribution in [0.25, 0.3) is 0 Å². The van der Waals surface area contributed by atoms with Crippen LogP contribution >= 0.6 is 0 Å². The van der Waals surface area contributed by atoms with E-state index in [2.05, 4.69) is 10.3 Å². The number of nitrogens with zero attached hydrogens (tertiary/aromatic N) is 2. The number of urea groups is 1. The fraction of sp³-hybridized carbons (Fsp3) is 0.250. The van der Waals surface area contributed by atoms with E-state index in [-0.39, 0.29) is 12.8 Å². The molecule has 2 heterocycles. The highest BCUT2D eigenvalue weighted by molar-refractivity contribution is 5.89. The molecule has 166 valence electrons. The molecule has 1 N–H and O–H groups in total. The van der Waals surface area contributed by atoms with Gasteiger partial charge in [-0.2, -0.15) is 0 Å². The normalized spacial score (nSPS) is 11.8. The maximum absolute atomic E-state index is 12.9. The Morgan fingerprint density at radius 3 is 2.81 bits per heavy atom. The molecule has 32 heavy (non-hydrogen) atoms. The minimum atomic E-state index is -0.209. The molecular weight excluding hydrogens is 410 g/mol. The van der Waals surface area contributed by atoms with Crippen LogP contribution in [-0.2, 0) is 17.9 Å². The van der Waals surface area contributed by atoms with Crippen LogP contribution in [0.2, 0.25) is 0 Å². The minimum absolute atomic E-state index is 0.209. The average molecular weight is 435 g/mol. The smallest absolute Gasteiger partial charge is 0.322 e. The number of hydrogen-bond donors (Lipinski definition) is 1. The largest absolute Gasteiger partial charge is 0.489 e. The van der Waals surface area contributed by atoms with Crippen LogP contribution in [0.4, 0.5) is 10.5 Å². The Balaban J connectivity index is 1.37. The van der Waals surface area contributed by atoms with E-state index in [4.69, 9.17) is 18.9 Å². The summed E-state index contributed by atoms with van der Waals surface area (Å²) in [6.45, 7) is 1.92. The fourth-order valence-corrected chi connectivity index (χ4v) is 3.24. The van der Waals surface area contributed by atoms with Crippen LogP contribution in [0.3, 0.4) is 0 Å². The Morgan fingerprint density at radius 2 is 1.97 bits per heavy atom.